The largest absolute Gasteiger partial charge is 0.489 e. The maximum atomic E-state index is 5.64. The Balaban J connectivity index is 2.24. The molecular weight excluding hydrogens is 160 g/mol. The molecule has 0 unspecified atom stereocenters. The van der Waals surface area contributed by atoms with E-state index in [0.717, 1.165) is 18.6 Å². The monoisotopic (exact) mass is 174 g/mol. The van der Waals surface area contributed by atoms with Crippen molar-refractivity contribution in [2.45, 2.75) is 19.3 Å². The quantitative estimate of drug-likeness (QED) is 0.549. The third kappa shape index (κ3) is 1.92. The first kappa shape index (κ1) is 8.36. The van der Waals surface area contributed by atoms with Crippen molar-refractivity contribution < 1.29 is 4.74 Å². The molecule has 0 fully saturated rings. The molecule has 1 heteroatoms. The summed E-state index contributed by atoms with van der Waals surface area (Å²) in [7, 11) is 0. The smallest absolute Gasteiger partial charge is 0.122 e. The minimum absolute atomic E-state index is 0.678. The number of rotatable bonds is 0. The average Bonchev–Trinajstić information content (AvgIpc) is 2.13. The van der Waals surface area contributed by atoms with Gasteiger partial charge in [0.05, 0.1) is 0 Å². The maximum Gasteiger partial charge on any atom is 0.122 e. The van der Waals surface area contributed by atoms with E-state index >= 15 is 0 Å². The second-order valence-corrected chi connectivity index (χ2v) is 3.50. The van der Waals surface area contributed by atoms with Crippen molar-refractivity contribution in [2.24, 2.45) is 0 Å². The number of benzene rings is 1. The summed E-state index contributed by atoms with van der Waals surface area (Å²) >= 11 is 0. The van der Waals surface area contributed by atoms with Crippen LogP contribution >= 0.6 is 0 Å². The van der Waals surface area contributed by atoms with Crippen molar-refractivity contribution >= 4 is 0 Å². The zero-order chi connectivity index (χ0) is 9.10. The van der Waals surface area contributed by atoms with Crippen LogP contribution in [-0.2, 0) is 6.42 Å². The van der Waals surface area contributed by atoms with E-state index < -0.39 is 0 Å². The third-order valence-electron chi connectivity index (χ3n) is 2.38. The minimum Gasteiger partial charge on any atom is -0.489 e. The highest BCUT2D eigenvalue weighted by Gasteiger charge is 2.07. The maximum absolute atomic E-state index is 5.64. The molecule has 68 valence electrons. The van der Waals surface area contributed by atoms with Crippen LogP contribution in [0.2, 0.25) is 0 Å². The first-order chi connectivity index (χ1) is 6.36. The summed E-state index contributed by atoms with van der Waals surface area (Å²) < 4.78 is 5.64. The molecule has 13 heavy (non-hydrogen) atoms. The van der Waals surface area contributed by atoms with Crippen molar-refractivity contribution in [1.82, 2.24) is 0 Å². The molecule has 0 saturated heterocycles. The summed E-state index contributed by atoms with van der Waals surface area (Å²) in [6, 6.07) is 8.26. The fourth-order valence-corrected chi connectivity index (χ4v) is 1.63. The highest BCUT2D eigenvalue weighted by Crippen LogP contribution is 2.23. The van der Waals surface area contributed by atoms with Gasteiger partial charge in [0.25, 0.3) is 0 Å². The molecule has 0 aliphatic carbocycles. The van der Waals surface area contributed by atoms with Crippen molar-refractivity contribution in [3.05, 3.63) is 42.0 Å². The summed E-state index contributed by atoms with van der Waals surface area (Å²) in [5.74, 6) is 1.03. The van der Waals surface area contributed by atoms with E-state index in [-0.39, 0.29) is 0 Å². The van der Waals surface area contributed by atoms with Gasteiger partial charge < -0.3 is 4.74 Å². The van der Waals surface area contributed by atoms with Crippen molar-refractivity contribution in [1.29, 1.82) is 0 Å². The fraction of sp³-hybridized carbons (Fsp3) is 0.333. The summed E-state index contributed by atoms with van der Waals surface area (Å²) in [6.07, 6.45) is 3.39. The second-order valence-electron chi connectivity index (χ2n) is 3.50. The molecule has 0 amide bonds. The molecule has 0 aromatic heterocycles. The molecule has 2 rings (SSSR count). The number of hydrogen-bond acceptors (Lipinski definition) is 1. The van der Waals surface area contributed by atoms with E-state index in [0.29, 0.717) is 6.61 Å². The van der Waals surface area contributed by atoms with E-state index in [1.807, 2.05) is 12.1 Å². The summed E-state index contributed by atoms with van der Waals surface area (Å²) in [6.45, 7) is 4.64. The van der Waals surface area contributed by atoms with Crippen LogP contribution in [0.1, 0.15) is 18.4 Å². The van der Waals surface area contributed by atoms with Gasteiger partial charge in [-0.05, 0) is 36.5 Å². The van der Waals surface area contributed by atoms with Crippen LogP contribution < -0.4 is 4.74 Å². The second kappa shape index (κ2) is 3.65. The normalized spacial score (nSPS) is 16.8. The van der Waals surface area contributed by atoms with Crippen molar-refractivity contribution in [3.8, 4) is 5.75 Å². The van der Waals surface area contributed by atoms with Crippen LogP contribution in [0.5, 0.6) is 5.75 Å². The topological polar surface area (TPSA) is 9.23 Å². The zero-order valence-electron chi connectivity index (χ0n) is 7.75. The van der Waals surface area contributed by atoms with Gasteiger partial charge in [0.15, 0.2) is 0 Å². The highest BCUT2D eigenvalue weighted by molar-refractivity contribution is 5.34. The molecule has 1 aromatic rings. The van der Waals surface area contributed by atoms with Crippen LogP contribution in [0, 0.1) is 0 Å². The van der Waals surface area contributed by atoms with Crippen LogP contribution in [-0.4, -0.2) is 6.61 Å². The van der Waals surface area contributed by atoms with E-state index in [1.165, 1.54) is 17.6 Å². The summed E-state index contributed by atoms with van der Waals surface area (Å²) in [5.41, 5.74) is 2.53. The van der Waals surface area contributed by atoms with Gasteiger partial charge in [-0.1, -0.05) is 24.8 Å². The molecule has 0 radical (unpaired) electrons. The third-order valence-corrected chi connectivity index (χ3v) is 2.38. The van der Waals surface area contributed by atoms with Gasteiger partial charge in [-0.25, -0.2) is 0 Å². The molecule has 1 aliphatic rings. The van der Waals surface area contributed by atoms with Gasteiger partial charge in [-0.3, -0.25) is 0 Å². The van der Waals surface area contributed by atoms with E-state index in [2.05, 4.69) is 18.7 Å². The Morgan fingerprint density at radius 2 is 2.00 bits per heavy atom. The molecule has 1 nitrogen and oxygen atoms in total. The average molecular weight is 174 g/mol. The first-order valence-corrected chi connectivity index (χ1v) is 4.73. The number of hydrogen-bond donors (Lipinski definition) is 0. The Bertz CT molecular complexity index is 315. The number of para-hydroxylation sites is 1. The zero-order valence-corrected chi connectivity index (χ0v) is 7.75. The lowest BCUT2D eigenvalue weighted by Gasteiger charge is -2.16. The molecule has 1 aliphatic heterocycles. The lowest BCUT2D eigenvalue weighted by atomic mass is 10.0. The Labute approximate surface area is 79.0 Å². The summed E-state index contributed by atoms with van der Waals surface area (Å²) in [5, 5.41) is 0. The predicted molar refractivity (Wildman–Crippen MR) is 54.0 cm³/mol. The molecule has 0 saturated carbocycles. The number of ether oxygens (including phenoxy) is 1. The molecule has 1 aromatic carbocycles. The van der Waals surface area contributed by atoms with Gasteiger partial charge in [-0.2, -0.15) is 0 Å². The van der Waals surface area contributed by atoms with Crippen molar-refractivity contribution in [2.75, 3.05) is 6.61 Å². The van der Waals surface area contributed by atoms with Crippen molar-refractivity contribution in [3.63, 3.8) is 0 Å². The van der Waals surface area contributed by atoms with Gasteiger partial charge in [-0.15, -0.1) is 0 Å². The van der Waals surface area contributed by atoms with E-state index in [4.69, 9.17) is 4.74 Å². The van der Waals surface area contributed by atoms with Gasteiger partial charge in [0.1, 0.15) is 12.4 Å². The molecule has 0 N–H and O–H groups in total. The number of fused-ring (bicyclic) bond motifs is 1. The number of aryl methyl sites for hydroxylation is 1. The Morgan fingerprint density at radius 3 is 2.92 bits per heavy atom. The molecular formula is C12H14O. The summed E-state index contributed by atoms with van der Waals surface area (Å²) in [4.78, 5) is 0. The molecule has 1 heterocycles. The van der Waals surface area contributed by atoms with Crippen LogP contribution in [0.4, 0.5) is 0 Å². The first-order valence-electron chi connectivity index (χ1n) is 4.73. The fourth-order valence-electron chi connectivity index (χ4n) is 1.63. The van der Waals surface area contributed by atoms with Gasteiger partial charge in [0, 0.05) is 0 Å². The standard InChI is InChI=1S/C12H14O/c1-10-5-4-7-11-6-2-3-8-12(11)13-9-10/h2-3,6,8H,1,4-5,7,9H2. The van der Waals surface area contributed by atoms with E-state index in [1.54, 1.807) is 0 Å². The van der Waals surface area contributed by atoms with Crippen LogP contribution in [0.25, 0.3) is 0 Å². The lowest BCUT2D eigenvalue weighted by molar-refractivity contribution is 0.337. The molecule has 0 bridgehead atoms. The van der Waals surface area contributed by atoms with Gasteiger partial charge >= 0.3 is 0 Å². The molecule has 0 spiro atoms. The van der Waals surface area contributed by atoms with Crippen LogP contribution in [0.15, 0.2) is 36.4 Å². The van der Waals surface area contributed by atoms with E-state index in [9.17, 15) is 0 Å². The lowest BCUT2D eigenvalue weighted by Crippen LogP contribution is -2.06. The Kier molecular flexibility index (Phi) is 2.35. The molecule has 0 atom stereocenters. The van der Waals surface area contributed by atoms with Crippen LogP contribution in [0.3, 0.4) is 0 Å². The SMILES string of the molecule is C=C1CCCc2ccccc2OC1. The van der Waals surface area contributed by atoms with Gasteiger partial charge in [0.2, 0.25) is 0 Å². The Morgan fingerprint density at radius 1 is 1.15 bits per heavy atom. The minimum atomic E-state index is 0.678. The predicted octanol–water partition coefficient (Wildman–Crippen LogP) is 2.96. The highest BCUT2D eigenvalue weighted by atomic mass is 16.5. The Hall–Kier alpha value is -1.24.